The van der Waals surface area contributed by atoms with Gasteiger partial charge in [-0.25, -0.2) is 4.79 Å². The number of aromatic nitrogens is 1. The Labute approximate surface area is 136 Å². The van der Waals surface area contributed by atoms with Gasteiger partial charge in [-0.05, 0) is 42.3 Å². The summed E-state index contributed by atoms with van der Waals surface area (Å²) in [6.45, 7) is 2.54. The standard InChI is InChI=1S/C18H14F3NO2/c1-2-22-10-15(17(23)24)14-9-12(5-8-16(14)22)11-3-6-13(7-4-11)18(19,20)21/h3-10H,2H2,1H3,(H,23,24). The third-order valence-corrected chi connectivity index (χ3v) is 4.00. The molecule has 0 amide bonds. The number of carbonyl (C=O) groups is 1. The fourth-order valence-electron chi connectivity index (χ4n) is 2.76. The number of carboxylic acids is 1. The van der Waals surface area contributed by atoms with Gasteiger partial charge in [0.15, 0.2) is 0 Å². The number of hydrogen-bond donors (Lipinski definition) is 1. The maximum atomic E-state index is 12.6. The Balaban J connectivity index is 2.10. The molecule has 3 aromatic rings. The molecule has 0 saturated carbocycles. The third kappa shape index (κ3) is 2.75. The van der Waals surface area contributed by atoms with Gasteiger partial charge in [-0.3, -0.25) is 0 Å². The quantitative estimate of drug-likeness (QED) is 0.729. The summed E-state index contributed by atoms with van der Waals surface area (Å²) in [5.74, 6) is -1.03. The molecule has 0 radical (unpaired) electrons. The van der Waals surface area contributed by atoms with Gasteiger partial charge in [0, 0.05) is 23.6 Å². The first kappa shape index (κ1) is 16.1. The number of rotatable bonds is 3. The Morgan fingerprint density at radius 3 is 2.25 bits per heavy atom. The van der Waals surface area contributed by atoms with Crippen LogP contribution >= 0.6 is 0 Å². The summed E-state index contributed by atoms with van der Waals surface area (Å²) in [6, 6.07) is 10.1. The van der Waals surface area contributed by atoms with Gasteiger partial charge in [0.25, 0.3) is 0 Å². The maximum absolute atomic E-state index is 12.6. The number of hydrogen-bond acceptors (Lipinski definition) is 1. The number of nitrogens with zero attached hydrogens (tertiary/aromatic N) is 1. The van der Waals surface area contributed by atoms with E-state index in [-0.39, 0.29) is 5.56 Å². The van der Waals surface area contributed by atoms with Crippen molar-refractivity contribution in [3.05, 3.63) is 59.8 Å². The van der Waals surface area contributed by atoms with Crippen LogP contribution in [0.5, 0.6) is 0 Å². The highest BCUT2D eigenvalue weighted by Crippen LogP contribution is 2.32. The molecular formula is C18H14F3NO2. The average Bonchev–Trinajstić information content (AvgIpc) is 2.92. The molecule has 0 unspecified atom stereocenters. The van der Waals surface area contributed by atoms with Crippen LogP contribution in [0, 0.1) is 0 Å². The van der Waals surface area contributed by atoms with Crippen molar-refractivity contribution >= 4 is 16.9 Å². The predicted molar refractivity (Wildman–Crippen MR) is 85.0 cm³/mol. The van der Waals surface area contributed by atoms with Gasteiger partial charge in [-0.2, -0.15) is 13.2 Å². The topological polar surface area (TPSA) is 42.2 Å². The molecule has 1 heterocycles. The second-order valence-electron chi connectivity index (χ2n) is 5.44. The summed E-state index contributed by atoms with van der Waals surface area (Å²) in [7, 11) is 0. The first-order valence-electron chi connectivity index (χ1n) is 7.35. The lowest BCUT2D eigenvalue weighted by Crippen LogP contribution is -2.03. The number of carboxylic acid groups (broad SMARTS) is 1. The van der Waals surface area contributed by atoms with Crippen molar-refractivity contribution < 1.29 is 23.1 Å². The highest BCUT2D eigenvalue weighted by Gasteiger charge is 2.30. The summed E-state index contributed by atoms with van der Waals surface area (Å²) in [4.78, 5) is 11.4. The van der Waals surface area contributed by atoms with Crippen LogP contribution in [0.1, 0.15) is 22.8 Å². The Morgan fingerprint density at radius 1 is 1.08 bits per heavy atom. The smallest absolute Gasteiger partial charge is 0.416 e. The van der Waals surface area contributed by atoms with Crippen LogP contribution in [0.25, 0.3) is 22.0 Å². The molecule has 0 aliphatic carbocycles. The Bertz CT molecular complexity index is 908. The van der Waals surface area contributed by atoms with Gasteiger partial charge in [0.05, 0.1) is 11.1 Å². The van der Waals surface area contributed by atoms with Crippen LogP contribution in [0.4, 0.5) is 13.2 Å². The molecule has 6 heteroatoms. The molecule has 0 spiro atoms. The second-order valence-corrected chi connectivity index (χ2v) is 5.44. The van der Waals surface area contributed by atoms with E-state index in [4.69, 9.17) is 0 Å². The van der Waals surface area contributed by atoms with Gasteiger partial charge >= 0.3 is 12.1 Å². The fraction of sp³-hybridized carbons (Fsp3) is 0.167. The van der Waals surface area contributed by atoms with Crippen molar-refractivity contribution in [2.24, 2.45) is 0 Å². The van der Waals surface area contributed by atoms with Crippen LogP contribution in [0.3, 0.4) is 0 Å². The third-order valence-electron chi connectivity index (χ3n) is 4.00. The van der Waals surface area contributed by atoms with Crippen molar-refractivity contribution in [1.82, 2.24) is 4.57 Å². The number of halogens is 3. The molecule has 1 aromatic heterocycles. The summed E-state index contributed by atoms with van der Waals surface area (Å²) >= 11 is 0. The minimum absolute atomic E-state index is 0.181. The Morgan fingerprint density at radius 2 is 1.71 bits per heavy atom. The van der Waals surface area contributed by atoms with Crippen molar-refractivity contribution in [3.8, 4) is 11.1 Å². The monoisotopic (exact) mass is 333 g/mol. The van der Waals surface area contributed by atoms with Gasteiger partial charge in [0.1, 0.15) is 0 Å². The van der Waals surface area contributed by atoms with Gasteiger partial charge in [0.2, 0.25) is 0 Å². The van der Waals surface area contributed by atoms with Crippen LogP contribution in [0.15, 0.2) is 48.7 Å². The van der Waals surface area contributed by atoms with Crippen molar-refractivity contribution in [1.29, 1.82) is 0 Å². The average molecular weight is 333 g/mol. The molecule has 3 rings (SSSR count). The number of benzene rings is 2. The molecule has 0 aliphatic rings. The van der Waals surface area contributed by atoms with Crippen LogP contribution in [-0.2, 0) is 12.7 Å². The van der Waals surface area contributed by atoms with Gasteiger partial charge in [-0.15, -0.1) is 0 Å². The van der Waals surface area contributed by atoms with E-state index in [1.54, 1.807) is 24.4 Å². The second kappa shape index (κ2) is 5.70. The minimum Gasteiger partial charge on any atom is -0.478 e. The minimum atomic E-state index is -4.38. The van der Waals surface area contributed by atoms with Gasteiger partial charge in [-0.1, -0.05) is 18.2 Å². The van der Waals surface area contributed by atoms with Crippen molar-refractivity contribution in [2.75, 3.05) is 0 Å². The molecule has 2 aromatic carbocycles. The maximum Gasteiger partial charge on any atom is 0.416 e. The largest absolute Gasteiger partial charge is 0.478 e. The molecule has 1 N–H and O–H groups in total. The summed E-state index contributed by atoms with van der Waals surface area (Å²) in [6.07, 6.45) is -2.80. The van der Waals surface area contributed by atoms with Crippen LogP contribution in [-0.4, -0.2) is 15.6 Å². The van der Waals surface area contributed by atoms with E-state index in [9.17, 15) is 23.1 Å². The number of aromatic carboxylic acids is 1. The molecule has 0 bridgehead atoms. The van der Waals surface area contributed by atoms with E-state index in [1.165, 1.54) is 12.1 Å². The molecule has 0 atom stereocenters. The SMILES string of the molecule is CCn1cc(C(=O)O)c2cc(-c3ccc(C(F)(F)F)cc3)ccc21. The van der Waals surface area contributed by atoms with E-state index < -0.39 is 17.7 Å². The summed E-state index contributed by atoms with van der Waals surface area (Å²) in [5.41, 5.74) is 1.53. The zero-order valence-electron chi connectivity index (χ0n) is 12.8. The molecule has 3 nitrogen and oxygen atoms in total. The number of alkyl halides is 3. The molecular weight excluding hydrogens is 319 g/mol. The lowest BCUT2D eigenvalue weighted by molar-refractivity contribution is -0.137. The molecule has 0 aliphatic heterocycles. The number of aryl methyl sites for hydroxylation is 1. The lowest BCUT2D eigenvalue weighted by Gasteiger charge is -2.08. The Kier molecular flexibility index (Phi) is 3.83. The first-order valence-corrected chi connectivity index (χ1v) is 7.35. The molecule has 124 valence electrons. The Hall–Kier alpha value is -2.76. The van der Waals surface area contributed by atoms with E-state index in [0.717, 1.165) is 17.6 Å². The molecule has 24 heavy (non-hydrogen) atoms. The molecule has 0 saturated heterocycles. The molecule has 0 fully saturated rings. The van der Waals surface area contributed by atoms with Gasteiger partial charge < -0.3 is 9.67 Å². The number of fused-ring (bicyclic) bond motifs is 1. The van der Waals surface area contributed by atoms with E-state index >= 15 is 0 Å². The van der Waals surface area contributed by atoms with Crippen LogP contribution < -0.4 is 0 Å². The van der Waals surface area contributed by atoms with Crippen molar-refractivity contribution in [2.45, 2.75) is 19.6 Å². The summed E-state index contributed by atoms with van der Waals surface area (Å²) in [5, 5.41) is 9.91. The van der Waals surface area contributed by atoms with Crippen LogP contribution in [0.2, 0.25) is 0 Å². The van der Waals surface area contributed by atoms with E-state index in [0.29, 0.717) is 23.1 Å². The summed E-state index contributed by atoms with van der Waals surface area (Å²) < 4.78 is 39.8. The highest BCUT2D eigenvalue weighted by molar-refractivity contribution is 6.04. The van der Waals surface area contributed by atoms with E-state index in [2.05, 4.69) is 0 Å². The normalized spacial score (nSPS) is 11.8. The fourth-order valence-corrected chi connectivity index (χ4v) is 2.76. The lowest BCUT2D eigenvalue weighted by atomic mass is 10.0. The predicted octanol–water partition coefficient (Wildman–Crippen LogP) is 5.05. The zero-order valence-corrected chi connectivity index (χ0v) is 12.8. The zero-order chi connectivity index (χ0) is 17.5. The first-order chi connectivity index (χ1) is 11.3. The van der Waals surface area contributed by atoms with E-state index in [1.807, 2.05) is 11.5 Å². The highest BCUT2D eigenvalue weighted by atomic mass is 19.4. The van der Waals surface area contributed by atoms with Crippen molar-refractivity contribution in [3.63, 3.8) is 0 Å².